The Labute approximate surface area is 107 Å². The van der Waals surface area contributed by atoms with Crippen LogP contribution < -0.4 is 4.72 Å². The number of rotatable bonds is 5. The Balaban J connectivity index is 3.16. The predicted molar refractivity (Wildman–Crippen MR) is 67.8 cm³/mol. The third kappa shape index (κ3) is 3.41. The zero-order chi connectivity index (χ0) is 13.8. The Bertz CT molecular complexity index is 563. The third-order valence-electron chi connectivity index (χ3n) is 2.15. The van der Waals surface area contributed by atoms with Crippen LogP contribution in [0.5, 0.6) is 0 Å². The van der Waals surface area contributed by atoms with Gasteiger partial charge in [-0.3, -0.25) is 0 Å². The molecule has 0 saturated heterocycles. The molecule has 0 aromatic heterocycles. The van der Waals surface area contributed by atoms with Crippen LogP contribution in [0, 0.1) is 0 Å². The van der Waals surface area contributed by atoms with Crippen LogP contribution in [0.1, 0.15) is 17.3 Å². The van der Waals surface area contributed by atoms with E-state index < -0.39 is 16.0 Å². The number of sulfonamides is 1. The van der Waals surface area contributed by atoms with Gasteiger partial charge < -0.3 is 4.74 Å². The van der Waals surface area contributed by atoms with Crippen LogP contribution >= 0.6 is 0 Å². The summed E-state index contributed by atoms with van der Waals surface area (Å²) in [5.74, 6) is -0.689. The van der Waals surface area contributed by atoms with Crippen molar-refractivity contribution in [3.63, 3.8) is 0 Å². The maximum atomic E-state index is 12.0. The Morgan fingerprint density at radius 1 is 1.39 bits per heavy atom. The molecule has 1 aromatic rings. The van der Waals surface area contributed by atoms with E-state index in [1.165, 1.54) is 19.2 Å². The van der Waals surface area contributed by atoms with E-state index in [0.717, 1.165) is 0 Å². The van der Waals surface area contributed by atoms with Gasteiger partial charge in [0, 0.05) is 6.54 Å². The van der Waals surface area contributed by atoms with Crippen LogP contribution in [0.15, 0.2) is 41.3 Å². The van der Waals surface area contributed by atoms with Gasteiger partial charge in [0.15, 0.2) is 0 Å². The fourth-order valence-electron chi connectivity index (χ4n) is 1.28. The van der Waals surface area contributed by atoms with Crippen LogP contribution in [0.3, 0.4) is 0 Å². The minimum absolute atomic E-state index is 0.00853. The number of nitrogens with one attached hydrogen (secondary N) is 1. The summed E-state index contributed by atoms with van der Waals surface area (Å²) in [7, 11) is -2.55. The van der Waals surface area contributed by atoms with Crippen LogP contribution in [0.4, 0.5) is 0 Å². The van der Waals surface area contributed by atoms with Crippen molar-refractivity contribution in [1.29, 1.82) is 0 Å². The van der Waals surface area contributed by atoms with Crippen molar-refractivity contribution in [2.75, 3.05) is 13.7 Å². The van der Waals surface area contributed by atoms with Gasteiger partial charge in [-0.25, -0.2) is 17.9 Å². The van der Waals surface area contributed by atoms with E-state index >= 15 is 0 Å². The lowest BCUT2D eigenvalue weighted by molar-refractivity contribution is 0.0596. The van der Waals surface area contributed by atoms with Crippen molar-refractivity contribution < 1.29 is 17.9 Å². The number of esters is 1. The molecule has 5 nitrogen and oxygen atoms in total. The lowest BCUT2D eigenvalue weighted by atomic mass is 10.2. The van der Waals surface area contributed by atoms with E-state index in [1.807, 2.05) is 0 Å². The minimum Gasteiger partial charge on any atom is -0.465 e. The SMILES string of the molecule is C=C(C)CNS(=O)(=O)c1ccccc1C(=O)OC. The second-order valence-corrected chi connectivity index (χ2v) is 5.50. The molecule has 98 valence electrons. The van der Waals surface area contributed by atoms with E-state index in [4.69, 9.17) is 0 Å². The van der Waals surface area contributed by atoms with E-state index in [9.17, 15) is 13.2 Å². The molecule has 18 heavy (non-hydrogen) atoms. The molecule has 6 heteroatoms. The van der Waals surface area contributed by atoms with E-state index in [2.05, 4.69) is 16.0 Å². The first-order valence-corrected chi connectivity index (χ1v) is 6.68. The minimum atomic E-state index is -3.75. The molecule has 0 aliphatic rings. The Morgan fingerprint density at radius 3 is 2.56 bits per heavy atom. The zero-order valence-corrected chi connectivity index (χ0v) is 11.1. The van der Waals surface area contributed by atoms with Crippen LogP contribution in [0.2, 0.25) is 0 Å². The van der Waals surface area contributed by atoms with Gasteiger partial charge in [0.25, 0.3) is 0 Å². The first-order chi connectivity index (χ1) is 8.38. The van der Waals surface area contributed by atoms with Gasteiger partial charge in [0.05, 0.1) is 17.6 Å². The van der Waals surface area contributed by atoms with Gasteiger partial charge in [-0.2, -0.15) is 0 Å². The molecule has 0 spiro atoms. The highest BCUT2D eigenvalue weighted by molar-refractivity contribution is 7.89. The van der Waals surface area contributed by atoms with Crippen LogP contribution in [-0.2, 0) is 14.8 Å². The average molecular weight is 269 g/mol. The predicted octanol–water partition coefficient (Wildman–Crippen LogP) is 1.33. The van der Waals surface area contributed by atoms with Crippen molar-refractivity contribution in [1.82, 2.24) is 4.72 Å². The number of methoxy groups -OCH3 is 1. The smallest absolute Gasteiger partial charge is 0.339 e. The molecule has 0 unspecified atom stereocenters. The molecular weight excluding hydrogens is 254 g/mol. The van der Waals surface area contributed by atoms with Gasteiger partial charge >= 0.3 is 5.97 Å². The topological polar surface area (TPSA) is 72.5 Å². The quantitative estimate of drug-likeness (QED) is 0.646. The fourth-order valence-corrected chi connectivity index (χ4v) is 2.57. The molecule has 0 heterocycles. The molecule has 0 bridgehead atoms. The summed E-state index contributed by atoms with van der Waals surface area (Å²) in [6, 6.07) is 5.87. The van der Waals surface area contributed by atoms with Crippen molar-refractivity contribution in [2.24, 2.45) is 0 Å². The van der Waals surface area contributed by atoms with Gasteiger partial charge in [-0.05, 0) is 19.1 Å². The summed E-state index contributed by atoms with van der Waals surface area (Å²) in [5, 5.41) is 0. The molecule has 1 rings (SSSR count). The number of carbonyl (C=O) groups is 1. The van der Waals surface area contributed by atoms with Gasteiger partial charge in [0.1, 0.15) is 0 Å². The molecular formula is C12H15NO4S. The molecule has 1 aromatic carbocycles. The maximum absolute atomic E-state index is 12.0. The van der Waals surface area contributed by atoms with Crippen LogP contribution in [0.25, 0.3) is 0 Å². The highest BCUT2D eigenvalue weighted by Gasteiger charge is 2.21. The van der Waals surface area contributed by atoms with E-state index in [-0.39, 0.29) is 17.0 Å². The highest BCUT2D eigenvalue weighted by Crippen LogP contribution is 2.16. The molecule has 0 aliphatic carbocycles. The van der Waals surface area contributed by atoms with Crippen molar-refractivity contribution in [3.8, 4) is 0 Å². The first kappa shape index (κ1) is 14.4. The Morgan fingerprint density at radius 2 is 2.00 bits per heavy atom. The Kier molecular flexibility index (Phi) is 4.63. The number of ether oxygens (including phenoxy) is 1. The third-order valence-corrected chi connectivity index (χ3v) is 3.61. The summed E-state index contributed by atoms with van der Waals surface area (Å²) in [5.41, 5.74) is 0.684. The molecule has 0 fully saturated rings. The highest BCUT2D eigenvalue weighted by atomic mass is 32.2. The number of hydrogen-bond donors (Lipinski definition) is 1. The number of benzene rings is 1. The summed E-state index contributed by atoms with van der Waals surface area (Å²) in [4.78, 5) is 11.4. The molecule has 0 aliphatic heterocycles. The van der Waals surface area contributed by atoms with E-state index in [0.29, 0.717) is 5.57 Å². The summed E-state index contributed by atoms with van der Waals surface area (Å²) >= 11 is 0. The normalized spacial score (nSPS) is 11.0. The van der Waals surface area contributed by atoms with Gasteiger partial charge in [0.2, 0.25) is 10.0 Å². The lowest BCUT2D eigenvalue weighted by Crippen LogP contribution is -2.27. The standard InChI is InChI=1S/C12H15NO4S/c1-9(2)8-13-18(15,16)11-7-5-4-6-10(11)12(14)17-3/h4-7,13H,1,8H2,2-3H3. The van der Waals surface area contributed by atoms with Crippen molar-refractivity contribution in [2.45, 2.75) is 11.8 Å². The number of carbonyl (C=O) groups excluding carboxylic acids is 1. The molecule has 0 radical (unpaired) electrons. The Hall–Kier alpha value is -1.66. The molecule has 0 atom stereocenters. The van der Waals surface area contributed by atoms with E-state index in [1.54, 1.807) is 19.1 Å². The zero-order valence-electron chi connectivity index (χ0n) is 10.3. The monoisotopic (exact) mass is 269 g/mol. The lowest BCUT2D eigenvalue weighted by Gasteiger charge is -2.10. The maximum Gasteiger partial charge on any atom is 0.339 e. The first-order valence-electron chi connectivity index (χ1n) is 5.20. The molecule has 0 amide bonds. The van der Waals surface area contributed by atoms with Gasteiger partial charge in [-0.1, -0.05) is 24.3 Å². The average Bonchev–Trinajstić information content (AvgIpc) is 2.35. The largest absolute Gasteiger partial charge is 0.465 e. The number of hydrogen-bond acceptors (Lipinski definition) is 4. The molecule has 1 N–H and O–H groups in total. The second-order valence-electron chi connectivity index (χ2n) is 3.77. The summed E-state index contributed by atoms with van der Waals surface area (Å²) in [6.07, 6.45) is 0. The van der Waals surface area contributed by atoms with Gasteiger partial charge in [-0.15, -0.1) is 0 Å². The molecule has 0 saturated carbocycles. The van der Waals surface area contributed by atoms with Crippen LogP contribution in [-0.4, -0.2) is 28.0 Å². The van der Waals surface area contributed by atoms with Crippen molar-refractivity contribution in [3.05, 3.63) is 42.0 Å². The second kappa shape index (κ2) is 5.79. The summed E-state index contributed by atoms with van der Waals surface area (Å²) in [6.45, 7) is 5.43. The van der Waals surface area contributed by atoms with Crippen molar-refractivity contribution >= 4 is 16.0 Å². The fraction of sp³-hybridized carbons (Fsp3) is 0.250. The summed E-state index contributed by atoms with van der Waals surface area (Å²) < 4.78 is 30.9.